The zero-order valence-corrected chi connectivity index (χ0v) is 19.4. The molecule has 1 saturated heterocycles. The van der Waals surface area contributed by atoms with E-state index in [1.54, 1.807) is 6.07 Å². The molecule has 182 valence electrons. The van der Waals surface area contributed by atoms with Crippen LogP contribution >= 0.6 is 0 Å². The van der Waals surface area contributed by atoms with Crippen LogP contribution in [0.5, 0.6) is 0 Å². The third-order valence-corrected chi connectivity index (χ3v) is 7.05. The summed E-state index contributed by atoms with van der Waals surface area (Å²) in [5.74, 6) is -1.17. The third kappa shape index (κ3) is 4.80. The molecule has 2 heterocycles. The normalized spacial score (nSPS) is 21.5. The number of carbonyl (C=O) groups is 2. The van der Waals surface area contributed by atoms with Gasteiger partial charge in [0.1, 0.15) is 37.2 Å². The molecule has 1 saturated carbocycles. The van der Waals surface area contributed by atoms with E-state index in [0.717, 1.165) is 18.4 Å². The minimum atomic E-state index is -1.30. The van der Waals surface area contributed by atoms with E-state index in [1.165, 1.54) is 28.2 Å². The number of likely N-dealkylation sites (tertiary alicyclic amines) is 1. The molecule has 9 heteroatoms. The summed E-state index contributed by atoms with van der Waals surface area (Å²) in [6, 6.07) is 12.7. The van der Waals surface area contributed by atoms with Gasteiger partial charge in [-0.25, -0.2) is 8.78 Å². The molecule has 1 aliphatic carbocycles. The molecule has 3 aromatic rings. The van der Waals surface area contributed by atoms with Crippen molar-refractivity contribution < 1.29 is 18.4 Å². The van der Waals surface area contributed by atoms with Crippen LogP contribution < -0.4 is 5.32 Å². The second-order valence-corrected chi connectivity index (χ2v) is 9.68. The van der Waals surface area contributed by atoms with Crippen molar-refractivity contribution in [3.05, 3.63) is 83.7 Å². The van der Waals surface area contributed by atoms with E-state index in [1.807, 2.05) is 43.3 Å². The minimum Gasteiger partial charge on any atom is -0.343 e. The molecule has 0 bridgehead atoms. The lowest BCUT2D eigenvalue weighted by molar-refractivity contribution is -0.139. The first-order valence-corrected chi connectivity index (χ1v) is 11.8. The molecule has 5 rings (SSSR count). The van der Waals surface area contributed by atoms with Gasteiger partial charge in [-0.15, -0.1) is 10.2 Å². The smallest absolute Gasteiger partial charge is 0.243 e. The predicted octanol–water partition coefficient (Wildman–Crippen LogP) is 3.31. The number of hydrogen-bond acceptors (Lipinski definition) is 4. The van der Waals surface area contributed by atoms with Crippen molar-refractivity contribution >= 4 is 11.8 Å². The molecule has 0 radical (unpaired) electrons. The van der Waals surface area contributed by atoms with Crippen molar-refractivity contribution in [2.24, 2.45) is 0 Å². The number of rotatable bonds is 7. The molecule has 7 nitrogen and oxygen atoms in total. The number of halogens is 2. The first-order chi connectivity index (χ1) is 16.8. The van der Waals surface area contributed by atoms with Crippen molar-refractivity contribution in [2.75, 3.05) is 6.54 Å². The number of hydrogen-bond donors (Lipinski definition) is 1. The van der Waals surface area contributed by atoms with E-state index in [-0.39, 0.29) is 30.7 Å². The van der Waals surface area contributed by atoms with Crippen LogP contribution in [0.2, 0.25) is 0 Å². The third-order valence-electron chi connectivity index (χ3n) is 7.05. The topological polar surface area (TPSA) is 80.1 Å². The van der Waals surface area contributed by atoms with Crippen LogP contribution in [0.15, 0.2) is 61.2 Å². The summed E-state index contributed by atoms with van der Waals surface area (Å²) >= 11 is 0. The molecule has 3 unspecified atom stereocenters. The molecule has 2 amide bonds. The fourth-order valence-electron chi connectivity index (χ4n) is 4.76. The summed E-state index contributed by atoms with van der Waals surface area (Å²) < 4.78 is 30.9. The van der Waals surface area contributed by atoms with Crippen LogP contribution in [-0.2, 0) is 21.5 Å². The number of benzene rings is 2. The maximum absolute atomic E-state index is 15.1. The second-order valence-electron chi connectivity index (χ2n) is 9.68. The van der Waals surface area contributed by atoms with Gasteiger partial charge in [-0.3, -0.25) is 9.59 Å². The molecule has 0 spiro atoms. The van der Waals surface area contributed by atoms with Gasteiger partial charge in [0.05, 0.1) is 12.6 Å². The number of carbonyl (C=O) groups excluding carboxylic acids is 2. The molecule has 1 aromatic heterocycles. The Hall–Kier alpha value is -3.62. The number of alkyl halides is 1. The summed E-state index contributed by atoms with van der Waals surface area (Å²) in [7, 11) is 0. The van der Waals surface area contributed by atoms with Gasteiger partial charge in [0.15, 0.2) is 0 Å². The molecule has 35 heavy (non-hydrogen) atoms. The highest BCUT2D eigenvalue weighted by Gasteiger charge is 2.42. The SMILES string of the molecule is CC1(c2ccc(C(NC(=O)C3CC(F)CN3C(=O)Cn3cnnc3)c3ccccc3)cc2F)CC1. The van der Waals surface area contributed by atoms with E-state index in [9.17, 15) is 14.0 Å². The Morgan fingerprint density at radius 3 is 2.49 bits per heavy atom. The number of nitrogens with zero attached hydrogens (tertiary/aromatic N) is 4. The first-order valence-electron chi connectivity index (χ1n) is 11.8. The van der Waals surface area contributed by atoms with Crippen LogP contribution in [-0.4, -0.2) is 50.2 Å². The Labute approximate surface area is 202 Å². The van der Waals surface area contributed by atoms with Gasteiger partial charge in [-0.2, -0.15) is 0 Å². The Morgan fingerprint density at radius 2 is 1.83 bits per heavy atom. The van der Waals surface area contributed by atoms with E-state index in [0.29, 0.717) is 11.1 Å². The molecule has 2 fully saturated rings. The lowest BCUT2D eigenvalue weighted by Gasteiger charge is -2.27. The largest absolute Gasteiger partial charge is 0.343 e. The highest BCUT2D eigenvalue weighted by molar-refractivity contribution is 5.88. The Morgan fingerprint density at radius 1 is 1.11 bits per heavy atom. The maximum Gasteiger partial charge on any atom is 0.243 e. The highest BCUT2D eigenvalue weighted by atomic mass is 19.1. The van der Waals surface area contributed by atoms with Gasteiger partial charge in [0.25, 0.3) is 0 Å². The van der Waals surface area contributed by atoms with E-state index in [4.69, 9.17) is 0 Å². The van der Waals surface area contributed by atoms with E-state index in [2.05, 4.69) is 15.5 Å². The first kappa shape index (κ1) is 23.1. The van der Waals surface area contributed by atoms with E-state index < -0.39 is 30.1 Å². The van der Waals surface area contributed by atoms with Crippen molar-refractivity contribution in [1.82, 2.24) is 25.0 Å². The zero-order chi connectivity index (χ0) is 24.6. The number of amides is 2. The molecule has 2 aromatic carbocycles. The van der Waals surface area contributed by atoms with Crippen molar-refractivity contribution in [1.29, 1.82) is 0 Å². The monoisotopic (exact) mass is 479 g/mol. The van der Waals surface area contributed by atoms with Gasteiger partial charge in [0, 0.05) is 6.42 Å². The van der Waals surface area contributed by atoms with Gasteiger partial charge in [0.2, 0.25) is 11.8 Å². The fourth-order valence-corrected chi connectivity index (χ4v) is 4.76. The van der Waals surface area contributed by atoms with Crippen LogP contribution in [0.25, 0.3) is 0 Å². The average molecular weight is 480 g/mol. The molecule has 1 N–H and O–H groups in total. The molecule has 3 atom stereocenters. The van der Waals surface area contributed by atoms with Crippen LogP contribution in [0, 0.1) is 5.82 Å². The van der Waals surface area contributed by atoms with Crippen molar-refractivity contribution in [3.63, 3.8) is 0 Å². The molecular formula is C26H27F2N5O2. The Balaban J connectivity index is 1.39. The maximum atomic E-state index is 15.1. The lowest BCUT2D eigenvalue weighted by atomic mass is 9.92. The molecule has 2 aliphatic rings. The van der Waals surface area contributed by atoms with E-state index >= 15 is 4.39 Å². The standard InChI is InChI=1S/C26H27F2N5O2/c1-26(9-10-26)20-8-7-18(11-21(20)28)24(17-5-3-2-4-6-17)31-25(35)22-12-19(27)13-33(22)23(34)14-32-15-29-30-16-32/h2-8,11,15-16,19,22,24H,9-10,12-14H2,1H3,(H,31,35). The quantitative estimate of drug-likeness (QED) is 0.564. The highest BCUT2D eigenvalue weighted by Crippen LogP contribution is 2.48. The lowest BCUT2D eigenvalue weighted by Crippen LogP contribution is -2.47. The summed E-state index contributed by atoms with van der Waals surface area (Å²) in [6.07, 6.45) is 3.29. The van der Waals surface area contributed by atoms with Crippen LogP contribution in [0.1, 0.15) is 48.9 Å². The fraction of sp³-hybridized carbons (Fsp3) is 0.385. The minimum absolute atomic E-state index is 0.0863. The Kier molecular flexibility index (Phi) is 6.08. The second kappa shape index (κ2) is 9.20. The van der Waals surface area contributed by atoms with Crippen LogP contribution in [0.3, 0.4) is 0 Å². The average Bonchev–Trinajstić information content (AvgIpc) is 3.21. The van der Waals surface area contributed by atoms with Gasteiger partial charge in [-0.05, 0) is 41.0 Å². The number of nitrogens with one attached hydrogen (secondary N) is 1. The van der Waals surface area contributed by atoms with Crippen LogP contribution in [0.4, 0.5) is 8.78 Å². The summed E-state index contributed by atoms with van der Waals surface area (Å²) in [6.45, 7) is 1.80. The zero-order valence-electron chi connectivity index (χ0n) is 19.4. The molecule has 1 aliphatic heterocycles. The number of aromatic nitrogens is 3. The van der Waals surface area contributed by atoms with Crippen molar-refractivity contribution in [2.45, 2.75) is 56.4 Å². The van der Waals surface area contributed by atoms with Gasteiger partial charge < -0.3 is 14.8 Å². The van der Waals surface area contributed by atoms with Gasteiger partial charge >= 0.3 is 0 Å². The molecular weight excluding hydrogens is 452 g/mol. The summed E-state index contributed by atoms with van der Waals surface area (Å²) in [5, 5.41) is 10.3. The summed E-state index contributed by atoms with van der Waals surface area (Å²) in [5.41, 5.74) is 1.91. The van der Waals surface area contributed by atoms with Gasteiger partial charge in [-0.1, -0.05) is 49.4 Å². The predicted molar refractivity (Wildman–Crippen MR) is 124 cm³/mol. The summed E-state index contributed by atoms with van der Waals surface area (Å²) in [4.78, 5) is 27.5. The Bertz CT molecular complexity index is 1210. The van der Waals surface area contributed by atoms with Crippen molar-refractivity contribution in [3.8, 4) is 0 Å².